The molecule has 122 valence electrons. The minimum Gasteiger partial charge on any atom is -0.395 e. The molecule has 0 fully saturated rings. The van der Waals surface area contributed by atoms with Gasteiger partial charge in [-0.15, -0.1) is 11.3 Å². The lowest BCUT2D eigenvalue weighted by molar-refractivity contribution is 0.0706. The Labute approximate surface area is 140 Å². The summed E-state index contributed by atoms with van der Waals surface area (Å²) < 4.78 is 0. The molecular weight excluding hydrogens is 308 g/mol. The van der Waals surface area contributed by atoms with Crippen LogP contribution in [0.1, 0.15) is 39.7 Å². The maximum Gasteiger partial charge on any atom is 0.255 e. The first-order valence-electron chi connectivity index (χ1n) is 8.07. The molecule has 5 heteroatoms. The van der Waals surface area contributed by atoms with E-state index in [0.29, 0.717) is 19.0 Å². The molecule has 2 heterocycles. The van der Waals surface area contributed by atoms with Gasteiger partial charge in [0.05, 0.1) is 12.2 Å². The number of carbonyl (C=O) groups is 1. The highest BCUT2D eigenvalue weighted by molar-refractivity contribution is 7.10. The van der Waals surface area contributed by atoms with Crippen molar-refractivity contribution in [3.05, 3.63) is 51.5 Å². The largest absolute Gasteiger partial charge is 0.395 e. The van der Waals surface area contributed by atoms with E-state index in [2.05, 4.69) is 11.9 Å². The van der Waals surface area contributed by atoms with Gasteiger partial charge in [0.2, 0.25) is 0 Å². The smallest absolute Gasteiger partial charge is 0.255 e. The van der Waals surface area contributed by atoms with Crippen LogP contribution in [-0.2, 0) is 19.4 Å². The Morgan fingerprint density at radius 1 is 1.52 bits per heavy atom. The lowest BCUT2D eigenvalue weighted by Gasteiger charge is -2.24. The number of amides is 1. The van der Waals surface area contributed by atoms with Crippen LogP contribution < -0.4 is 0 Å². The first-order chi connectivity index (χ1) is 11.2. The van der Waals surface area contributed by atoms with E-state index >= 15 is 0 Å². The summed E-state index contributed by atoms with van der Waals surface area (Å²) in [6.07, 6.45) is 6.70. The monoisotopic (exact) mass is 330 g/mol. The molecule has 2 aromatic rings. The Balaban J connectivity index is 1.81. The number of aliphatic hydroxyl groups excluding tert-OH is 1. The summed E-state index contributed by atoms with van der Waals surface area (Å²) in [5.41, 5.74) is 3.04. The van der Waals surface area contributed by atoms with Crippen LogP contribution in [0.3, 0.4) is 0 Å². The zero-order chi connectivity index (χ0) is 16.2. The number of rotatable bonds is 5. The van der Waals surface area contributed by atoms with Crippen LogP contribution >= 0.6 is 11.3 Å². The summed E-state index contributed by atoms with van der Waals surface area (Å²) in [5.74, 6) is 0.725. The standard InChI is InChI=1S/C18H22N2O2S/c1-13-4-5-15-16(12-23-17(15)9-13)18(22)20(7-8-21)11-14-3-2-6-19-10-14/h2-3,6,10,12-13,21H,4-5,7-9,11H2,1H3. The molecule has 0 aliphatic heterocycles. The van der Waals surface area contributed by atoms with Gasteiger partial charge in [-0.1, -0.05) is 13.0 Å². The van der Waals surface area contributed by atoms with E-state index in [4.69, 9.17) is 0 Å². The Kier molecular flexibility index (Phi) is 5.08. The molecule has 1 aliphatic rings. The third-order valence-electron chi connectivity index (χ3n) is 4.39. The van der Waals surface area contributed by atoms with Crippen molar-refractivity contribution in [1.82, 2.24) is 9.88 Å². The van der Waals surface area contributed by atoms with Gasteiger partial charge in [0.25, 0.3) is 5.91 Å². The van der Waals surface area contributed by atoms with Gasteiger partial charge in [-0.3, -0.25) is 9.78 Å². The summed E-state index contributed by atoms with van der Waals surface area (Å²) >= 11 is 1.70. The van der Waals surface area contributed by atoms with Crippen molar-refractivity contribution in [2.45, 2.75) is 32.7 Å². The minimum atomic E-state index is -0.0324. The van der Waals surface area contributed by atoms with Crippen molar-refractivity contribution in [2.75, 3.05) is 13.2 Å². The summed E-state index contributed by atoms with van der Waals surface area (Å²) in [6.45, 7) is 3.06. The average molecular weight is 330 g/mol. The molecule has 23 heavy (non-hydrogen) atoms. The Morgan fingerprint density at radius 3 is 3.13 bits per heavy atom. The molecule has 0 spiro atoms. The van der Waals surface area contributed by atoms with E-state index in [1.54, 1.807) is 28.6 Å². The van der Waals surface area contributed by atoms with Crippen LogP contribution in [0.4, 0.5) is 0 Å². The molecule has 0 radical (unpaired) electrons. The van der Waals surface area contributed by atoms with E-state index in [9.17, 15) is 9.90 Å². The van der Waals surface area contributed by atoms with Crippen LogP contribution in [0, 0.1) is 5.92 Å². The first-order valence-corrected chi connectivity index (χ1v) is 8.95. The van der Waals surface area contributed by atoms with Crippen LogP contribution in [0.5, 0.6) is 0 Å². The van der Waals surface area contributed by atoms with Crippen LogP contribution in [0.15, 0.2) is 29.9 Å². The topological polar surface area (TPSA) is 53.4 Å². The Hall–Kier alpha value is -1.72. The van der Waals surface area contributed by atoms with Crippen molar-refractivity contribution in [2.24, 2.45) is 5.92 Å². The van der Waals surface area contributed by atoms with Crippen LogP contribution in [-0.4, -0.2) is 34.0 Å². The first kappa shape index (κ1) is 16.1. The number of hydrogen-bond donors (Lipinski definition) is 1. The number of hydrogen-bond acceptors (Lipinski definition) is 4. The van der Waals surface area contributed by atoms with Gasteiger partial charge < -0.3 is 10.0 Å². The van der Waals surface area contributed by atoms with Gasteiger partial charge in [0.1, 0.15) is 0 Å². The molecule has 0 aromatic carbocycles. The van der Waals surface area contributed by atoms with Crippen molar-refractivity contribution >= 4 is 17.2 Å². The van der Waals surface area contributed by atoms with Gasteiger partial charge in [-0.05, 0) is 42.4 Å². The minimum absolute atomic E-state index is 0.0231. The lowest BCUT2D eigenvalue weighted by atomic mass is 9.88. The molecule has 1 atom stereocenters. The average Bonchev–Trinajstić information content (AvgIpc) is 2.97. The van der Waals surface area contributed by atoms with E-state index in [1.807, 2.05) is 17.5 Å². The Morgan fingerprint density at radius 2 is 2.39 bits per heavy atom. The number of carbonyl (C=O) groups excluding carboxylic acids is 1. The summed E-state index contributed by atoms with van der Waals surface area (Å²) in [5, 5.41) is 11.3. The maximum absolute atomic E-state index is 13.0. The molecule has 0 bridgehead atoms. The summed E-state index contributed by atoms with van der Waals surface area (Å²) in [6, 6.07) is 3.82. The van der Waals surface area contributed by atoms with E-state index in [0.717, 1.165) is 30.4 Å². The number of fused-ring (bicyclic) bond motifs is 1. The van der Waals surface area contributed by atoms with Crippen molar-refractivity contribution in [1.29, 1.82) is 0 Å². The SMILES string of the molecule is CC1CCc2c(C(=O)N(CCO)Cc3cccnc3)csc2C1. The quantitative estimate of drug-likeness (QED) is 0.917. The number of pyridine rings is 1. The lowest BCUT2D eigenvalue weighted by Crippen LogP contribution is -2.33. The zero-order valence-electron chi connectivity index (χ0n) is 13.4. The summed E-state index contributed by atoms with van der Waals surface area (Å²) in [7, 11) is 0. The van der Waals surface area contributed by atoms with Gasteiger partial charge in [0, 0.05) is 35.7 Å². The molecule has 4 nitrogen and oxygen atoms in total. The van der Waals surface area contributed by atoms with Crippen LogP contribution in [0.2, 0.25) is 0 Å². The number of thiophene rings is 1. The maximum atomic E-state index is 13.0. The van der Waals surface area contributed by atoms with E-state index < -0.39 is 0 Å². The second-order valence-corrected chi connectivity index (χ2v) is 7.17. The van der Waals surface area contributed by atoms with Gasteiger partial charge in [-0.25, -0.2) is 0 Å². The van der Waals surface area contributed by atoms with E-state index in [1.165, 1.54) is 10.4 Å². The van der Waals surface area contributed by atoms with Crippen LogP contribution in [0.25, 0.3) is 0 Å². The molecule has 0 saturated carbocycles. The fraction of sp³-hybridized carbons (Fsp3) is 0.444. The highest BCUT2D eigenvalue weighted by Gasteiger charge is 2.26. The molecule has 3 rings (SSSR count). The van der Waals surface area contributed by atoms with Crippen molar-refractivity contribution < 1.29 is 9.90 Å². The van der Waals surface area contributed by atoms with Gasteiger partial charge >= 0.3 is 0 Å². The fourth-order valence-corrected chi connectivity index (χ4v) is 4.35. The van der Waals surface area contributed by atoms with Crippen molar-refractivity contribution in [3.8, 4) is 0 Å². The zero-order valence-corrected chi connectivity index (χ0v) is 14.2. The predicted octanol–water partition coefficient (Wildman–Crippen LogP) is 2.90. The van der Waals surface area contributed by atoms with Gasteiger partial charge in [-0.2, -0.15) is 0 Å². The second kappa shape index (κ2) is 7.23. The van der Waals surface area contributed by atoms with Crippen molar-refractivity contribution in [3.63, 3.8) is 0 Å². The fourth-order valence-electron chi connectivity index (χ4n) is 3.11. The molecule has 2 aromatic heterocycles. The summed E-state index contributed by atoms with van der Waals surface area (Å²) in [4.78, 5) is 20.1. The number of nitrogens with zero attached hydrogens (tertiary/aromatic N) is 2. The molecule has 0 saturated heterocycles. The predicted molar refractivity (Wildman–Crippen MR) is 91.6 cm³/mol. The number of aromatic nitrogens is 1. The van der Waals surface area contributed by atoms with E-state index in [-0.39, 0.29) is 12.5 Å². The molecule has 1 N–H and O–H groups in total. The second-order valence-electron chi connectivity index (χ2n) is 6.21. The number of aliphatic hydroxyl groups is 1. The normalized spacial score (nSPS) is 16.9. The van der Waals surface area contributed by atoms with Gasteiger partial charge in [0.15, 0.2) is 0 Å². The molecule has 1 aliphatic carbocycles. The highest BCUT2D eigenvalue weighted by Crippen LogP contribution is 2.33. The molecular formula is C18H22N2O2S. The molecule has 1 unspecified atom stereocenters. The highest BCUT2D eigenvalue weighted by atomic mass is 32.1. The Bertz CT molecular complexity index is 669. The third-order valence-corrected chi connectivity index (χ3v) is 5.44. The third kappa shape index (κ3) is 3.62. The molecule has 1 amide bonds.